The van der Waals surface area contributed by atoms with Gasteiger partial charge in [-0.05, 0) is 49.7 Å². The highest BCUT2D eigenvalue weighted by Crippen LogP contribution is 2.41. The SMILES string of the molecule is Cc1cccc(C2(N)CCC(c3ccccc3)CC2)c1. The van der Waals surface area contributed by atoms with Crippen LogP contribution in [0.25, 0.3) is 0 Å². The molecule has 2 aromatic carbocycles. The second-order valence-electron chi connectivity index (χ2n) is 6.21. The van der Waals surface area contributed by atoms with E-state index in [1.54, 1.807) is 0 Å². The molecule has 2 aromatic rings. The Kier molecular flexibility index (Phi) is 3.62. The van der Waals surface area contributed by atoms with Gasteiger partial charge in [-0.3, -0.25) is 0 Å². The molecule has 0 radical (unpaired) electrons. The van der Waals surface area contributed by atoms with Crippen LogP contribution in [0.2, 0.25) is 0 Å². The van der Waals surface area contributed by atoms with E-state index in [2.05, 4.69) is 61.5 Å². The van der Waals surface area contributed by atoms with E-state index in [0.717, 1.165) is 12.8 Å². The van der Waals surface area contributed by atoms with E-state index in [9.17, 15) is 0 Å². The monoisotopic (exact) mass is 265 g/mol. The van der Waals surface area contributed by atoms with Gasteiger partial charge in [0.25, 0.3) is 0 Å². The lowest BCUT2D eigenvalue weighted by Crippen LogP contribution is -2.40. The highest BCUT2D eigenvalue weighted by molar-refractivity contribution is 5.30. The molecule has 0 aliphatic heterocycles. The van der Waals surface area contributed by atoms with Gasteiger partial charge in [0, 0.05) is 5.54 Å². The normalized spacial score (nSPS) is 26.4. The van der Waals surface area contributed by atoms with Gasteiger partial charge >= 0.3 is 0 Å². The summed E-state index contributed by atoms with van der Waals surface area (Å²) in [7, 11) is 0. The molecular formula is C19H23N. The van der Waals surface area contributed by atoms with Gasteiger partial charge in [0.2, 0.25) is 0 Å². The molecule has 1 nitrogen and oxygen atoms in total. The Hall–Kier alpha value is -1.60. The van der Waals surface area contributed by atoms with E-state index in [1.165, 1.54) is 29.5 Å². The van der Waals surface area contributed by atoms with Gasteiger partial charge in [-0.25, -0.2) is 0 Å². The van der Waals surface area contributed by atoms with Crippen molar-refractivity contribution in [2.45, 2.75) is 44.1 Å². The molecule has 3 rings (SSSR count). The summed E-state index contributed by atoms with van der Waals surface area (Å²) in [6.07, 6.45) is 4.54. The molecule has 0 atom stereocenters. The van der Waals surface area contributed by atoms with Crippen molar-refractivity contribution < 1.29 is 0 Å². The van der Waals surface area contributed by atoms with Crippen LogP contribution in [0.5, 0.6) is 0 Å². The zero-order chi connectivity index (χ0) is 14.0. The number of hydrogen-bond acceptors (Lipinski definition) is 1. The molecule has 20 heavy (non-hydrogen) atoms. The largest absolute Gasteiger partial charge is 0.321 e. The summed E-state index contributed by atoms with van der Waals surface area (Å²) in [5.41, 5.74) is 10.6. The first-order valence-electron chi connectivity index (χ1n) is 7.58. The summed E-state index contributed by atoms with van der Waals surface area (Å²) in [6, 6.07) is 19.6. The van der Waals surface area contributed by atoms with Crippen molar-refractivity contribution in [1.29, 1.82) is 0 Å². The van der Waals surface area contributed by atoms with E-state index >= 15 is 0 Å². The Bertz CT molecular complexity index is 565. The Balaban J connectivity index is 1.75. The van der Waals surface area contributed by atoms with Gasteiger partial charge in [0.1, 0.15) is 0 Å². The van der Waals surface area contributed by atoms with Gasteiger partial charge in [-0.1, -0.05) is 60.2 Å². The van der Waals surface area contributed by atoms with E-state index in [1.807, 2.05) is 0 Å². The minimum absolute atomic E-state index is 0.128. The molecule has 1 heteroatoms. The van der Waals surface area contributed by atoms with Crippen LogP contribution in [0, 0.1) is 6.92 Å². The molecule has 0 amide bonds. The second kappa shape index (κ2) is 5.41. The van der Waals surface area contributed by atoms with Crippen LogP contribution in [-0.4, -0.2) is 0 Å². The van der Waals surface area contributed by atoms with Crippen LogP contribution in [0.1, 0.15) is 48.3 Å². The van der Waals surface area contributed by atoms with Gasteiger partial charge in [0.15, 0.2) is 0 Å². The maximum absolute atomic E-state index is 6.69. The average Bonchev–Trinajstić information content (AvgIpc) is 2.49. The van der Waals surface area contributed by atoms with Crippen molar-refractivity contribution in [3.8, 4) is 0 Å². The molecule has 0 saturated heterocycles. The Morgan fingerprint density at radius 1 is 0.950 bits per heavy atom. The summed E-state index contributed by atoms with van der Waals surface area (Å²) < 4.78 is 0. The molecule has 104 valence electrons. The molecule has 0 heterocycles. The maximum Gasteiger partial charge on any atom is 0.0410 e. The minimum Gasteiger partial charge on any atom is -0.321 e. The van der Waals surface area contributed by atoms with Crippen molar-refractivity contribution in [2.75, 3.05) is 0 Å². The van der Waals surface area contributed by atoms with E-state index < -0.39 is 0 Å². The van der Waals surface area contributed by atoms with Crippen molar-refractivity contribution >= 4 is 0 Å². The summed E-state index contributed by atoms with van der Waals surface area (Å²) in [5, 5.41) is 0. The lowest BCUT2D eigenvalue weighted by Gasteiger charge is -2.38. The van der Waals surface area contributed by atoms with Gasteiger partial charge in [-0.2, -0.15) is 0 Å². The fraction of sp³-hybridized carbons (Fsp3) is 0.368. The summed E-state index contributed by atoms with van der Waals surface area (Å²) in [5.74, 6) is 0.678. The van der Waals surface area contributed by atoms with Gasteiger partial charge < -0.3 is 5.73 Å². The third-order valence-electron chi connectivity index (χ3n) is 4.74. The molecule has 2 N–H and O–H groups in total. The summed E-state index contributed by atoms with van der Waals surface area (Å²) >= 11 is 0. The quantitative estimate of drug-likeness (QED) is 0.849. The first-order valence-corrected chi connectivity index (χ1v) is 7.58. The summed E-state index contributed by atoms with van der Waals surface area (Å²) in [6.45, 7) is 2.14. The van der Waals surface area contributed by atoms with Crippen LogP contribution >= 0.6 is 0 Å². The van der Waals surface area contributed by atoms with Crippen molar-refractivity contribution in [3.05, 3.63) is 71.3 Å². The average molecular weight is 265 g/mol. The highest BCUT2D eigenvalue weighted by atomic mass is 14.7. The number of nitrogens with two attached hydrogens (primary N) is 1. The molecule has 1 fully saturated rings. The van der Waals surface area contributed by atoms with Crippen LogP contribution < -0.4 is 5.73 Å². The number of hydrogen-bond donors (Lipinski definition) is 1. The first kappa shape index (κ1) is 13.4. The predicted octanol–water partition coefficient (Wildman–Crippen LogP) is 4.51. The lowest BCUT2D eigenvalue weighted by atomic mass is 9.71. The third-order valence-corrected chi connectivity index (χ3v) is 4.74. The standard InChI is InChI=1S/C19H23N/c1-15-6-5-9-18(14-15)19(20)12-10-17(11-13-19)16-7-3-2-4-8-16/h2-9,14,17H,10-13,20H2,1H3. The predicted molar refractivity (Wildman–Crippen MR) is 84.7 cm³/mol. The molecule has 0 unspecified atom stereocenters. The molecule has 1 aliphatic carbocycles. The Morgan fingerprint density at radius 3 is 2.30 bits per heavy atom. The number of benzene rings is 2. The number of rotatable bonds is 2. The van der Waals surface area contributed by atoms with Crippen LogP contribution in [-0.2, 0) is 5.54 Å². The third kappa shape index (κ3) is 2.64. The molecule has 1 aliphatic rings. The lowest BCUT2D eigenvalue weighted by molar-refractivity contribution is 0.277. The first-order chi connectivity index (χ1) is 9.67. The highest BCUT2D eigenvalue weighted by Gasteiger charge is 2.33. The Labute approximate surface area is 121 Å². The molecule has 1 saturated carbocycles. The van der Waals surface area contributed by atoms with Gasteiger partial charge in [0.05, 0.1) is 0 Å². The van der Waals surface area contributed by atoms with Crippen molar-refractivity contribution in [1.82, 2.24) is 0 Å². The zero-order valence-corrected chi connectivity index (χ0v) is 12.2. The van der Waals surface area contributed by atoms with Crippen LogP contribution in [0.3, 0.4) is 0 Å². The maximum atomic E-state index is 6.69. The number of aryl methyl sites for hydroxylation is 1. The molecule has 0 spiro atoms. The zero-order valence-electron chi connectivity index (χ0n) is 12.2. The smallest absolute Gasteiger partial charge is 0.0410 e. The topological polar surface area (TPSA) is 26.0 Å². The van der Waals surface area contributed by atoms with E-state index in [0.29, 0.717) is 5.92 Å². The van der Waals surface area contributed by atoms with E-state index in [4.69, 9.17) is 5.73 Å². The molecular weight excluding hydrogens is 242 g/mol. The molecule has 0 aromatic heterocycles. The van der Waals surface area contributed by atoms with Crippen LogP contribution in [0.4, 0.5) is 0 Å². The Morgan fingerprint density at radius 2 is 1.65 bits per heavy atom. The fourth-order valence-corrected chi connectivity index (χ4v) is 3.43. The summed E-state index contributed by atoms with van der Waals surface area (Å²) in [4.78, 5) is 0. The minimum atomic E-state index is -0.128. The van der Waals surface area contributed by atoms with Crippen molar-refractivity contribution in [3.63, 3.8) is 0 Å². The molecule has 0 bridgehead atoms. The van der Waals surface area contributed by atoms with Gasteiger partial charge in [-0.15, -0.1) is 0 Å². The van der Waals surface area contributed by atoms with Crippen LogP contribution in [0.15, 0.2) is 54.6 Å². The van der Waals surface area contributed by atoms with Crippen molar-refractivity contribution in [2.24, 2.45) is 5.73 Å². The fourth-order valence-electron chi connectivity index (χ4n) is 3.43. The second-order valence-corrected chi connectivity index (χ2v) is 6.21. The van der Waals surface area contributed by atoms with E-state index in [-0.39, 0.29) is 5.54 Å².